The van der Waals surface area contributed by atoms with E-state index in [1.807, 2.05) is 0 Å². The predicted octanol–water partition coefficient (Wildman–Crippen LogP) is 3.99. The van der Waals surface area contributed by atoms with Crippen LogP contribution in [0.25, 0.3) is 16.3 Å². The molecule has 11 heteroatoms. The zero-order valence-electron chi connectivity index (χ0n) is 15.2. The van der Waals surface area contributed by atoms with Crippen molar-refractivity contribution < 1.29 is 18.0 Å². The Balaban J connectivity index is 1.38. The van der Waals surface area contributed by atoms with E-state index in [4.69, 9.17) is 0 Å². The molecule has 2 aromatic carbocycles. The number of hydrogen-bond acceptors (Lipinski definition) is 6. The van der Waals surface area contributed by atoms with Gasteiger partial charge in [-0.3, -0.25) is 4.79 Å². The third kappa shape index (κ3) is 4.51. The molecule has 152 valence electrons. The van der Waals surface area contributed by atoms with E-state index in [-0.39, 0.29) is 12.3 Å². The van der Waals surface area contributed by atoms with Crippen molar-refractivity contribution in [1.82, 2.24) is 25.2 Å². The molecule has 0 atom stereocenters. The van der Waals surface area contributed by atoms with Crippen molar-refractivity contribution in [1.29, 1.82) is 0 Å². The Morgan fingerprint density at radius 2 is 1.80 bits per heavy atom. The average Bonchev–Trinajstić information content (AvgIpc) is 3.40. The summed E-state index contributed by atoms with van der Waals surface area (Å²) < 4.78 is 39.5. The molecule has 0 unspecified atom stereocenters. The predicted molar refractivity (Wildman–Crippen MR) is 104 cm³/mol. The third-order valence-electron chi connectivity index (χ3n) is 4.12. The first-order chi connectivity index (χ1) is 14.4. The molecule has 0 aliphatic carbocycles. The van der Waals surface area contributed by atoms with Gasteiger partial charge in [0, 0.05) is 16.6 Å². The van der Waals surface area contributed by atoms with Gasteiger partial charge in [-0.05, 0) is 46.8 Å². The van der Waals surface area contributed by atoms with Crippen LogP contribution in [0.1, 0.15) is 11.3 Å². The summed E-state index contributed by atoms with van der Waals surface area (Å²) >= 11 is 1.27. The van der Waals surface area contributed by atoms with Crippen LogP contribution in [0.2, 0.25) is 0 Å². The first-order valence-corrected chi connectivity index (χ1v) is 9.52. The van der Waals surface area contributed by atoms with Gasteiger partial charge in [-0.15, -0.1) is 16.4 Å². The summed E-state index contributed by atoms with van der Waals surface area (Å²) in [5.74, 6) is -0.255. The molecule has 2 aromatic heterocycles. The van der Waals surface area contributed by atoms with Gasteiger partial charge in [0.15, 0.2) is 0 Å². The molecule has 1 amide bonds. The highest BCUT2D eigenvalue weighted by Crippen LogP contribution is 2.31. The number of amides is 1. The topological polar surface area (TPSA) is 85.6 Å². The summed E-state index contributed by atoms with van der Waals surface area (Å²) in [5.41, 5.74) is 1.75. The van der Waals surface area contributed by atoms with Crippen LogP contribution in [0.15, 0.2) is 60.2 Å². The number of halogens is 3. The quantitative estimate of drug-likeness (QED) is 0.518. The lowest BCUT2D eigenvalue weighted by molar-refractivity contribution is -0.137. The van der Waals surface area contributed by atoms with E-state index >= 15 is 0 Å². The highest BCUT2D eigenvalue weighted by atomic mass is 32.1. The molecule has 0 fully saturated rings. The molecule has 2 heterocycles. The van der Waals surface area contributed by atoms with E-state index in [2.05, 4.69) is 25.8 Å². The van der Waals surface area contributed by atoms with E-state index in [9.17, 15) is 18.0 Å². The first kappa shape index (κ1) is 19.7. The molecule has 1 N–H and O–H groups in total. The van der Waals surface area contributed by atoms with Crippen LogP contribution in [-0.2, 0) is 17.4 Å². The number of hydrogen-bond donors (Lipinski definition) is 1. The minimum atomic E-state index is -4.38. The lowest BCUT2D eigenvalue weighted by atomic mass is 10.1. The summed E-state index contributed by atoms with van der Waals surface area (Å²) in [6.07, 6.45) is -2.87. The SMILES string of the molecule is O=C(Cc1csc(-c2ccc(C(F)(F)F)cc2)n1)Nc1ccc(-n2cnnn2)cc1. The number of carbonyl (C=O) groups excluding carboxylic acids is 1. The van der Waals surface area contributed by atoms with Gasteiger partial charge in [0.05, 0.1) is 23.4 Å². The van der Waals surface area contributed by atoms with Crippen molar-refractivity contribution in [2.24, 2.45) is 0 Å². The highest BCUT2D eigenvalue weighted by Gasteiger charge is 2.30. The second kappa shape index (κ2) is 8.03. The normalized spacial score (nSPS) is 11.4. The lowest BCUT2D eigenvalue weighted by Crippen LogP contribution is -2.14. The largest absolute Gasteiger partial charge is 0.416 e. The number of benzene rings is 2. The molecule has 4 rings (SSSR count). The van der Waals surface area contributed by atoms with Gasteiger partial charge in [-0.25, -0.2) is 9.67 Å². The summed E-state index contributed by atoms with van der Waals surface area (Å²) in [5, 5.41) is 16.0. The maximum atomic E-state index is 12.7. The average molecular weight is 430 g/mol. The fourth-order valence-electron chi connectivity index (χ4n) is 2.67. The molecule has 0 aliphatic rings. The number of nitrogens with one attached hydrogen (secondary N) is 1. The van der Waals surface area contributed by atoms with Crippen molar-refractivity contribution in [2.45, 2.75) is 12.6 Å². The Labute approximate surface area is 172 Å². The Morgan fingerprint density at radius 3 is 2.43 bits per heavy atom. The molecule has 4 aromatic rings. The minimum Gasteiger partial charge on any atom is -0.326 e. The second-order valence-corrected chi connectivity index (χ2v) is 7.10. The zero-order chi connectivity index (χ0) is 21.1. The van der Waals surface area contributed by atoms with E-state index in [0.717, 1.165) is 17.8 Å². The fraction of sp³-hybridized carbons (Fsp3) is 0.105. The molecule has 7 nitrogen and oxygen atoms in total. The van der Waals surface area contributed by atoms with Gasteiger partial charge in [0.2, 0.25) is 5.91 Å². The van der Waals surface area contributed by atoms with E-state index in [0.29, 0.717) is 22.0 Å². The third-order valence-corrected chi connectivity index (χ3v) is 5.06. The van der Waals surface area contributed by atoms with Crippen molar-refractivity contribution in [2.75, 3.05) is 5.32 Å². The molecule has 0 bridgehead atoms. The van der Waals surface area contributed by atoms with Crippen LogP contribution < -0.4 is 5.32 Å². The number of tetrazole rings is 1. The van der Waals surface area contributed by atoms with Crippen molar-refractivity contribution in [3.05, 3.63) is 71.5 Å². The number of carbonyl (C=O) groups is 1. The van der Waals surface area contributed by atoms with Gasteiger partial charge in [-0.2, -0.15) is 13.2 Å². The number of rotatable bonds is 5. The Morgan fingerprint density at radius 1 is 1.07 bits per heavy atom. The number of aromatic nitrogens is 5. The smallest absolute Gasteiger partial charge is 0.326 e. The van der Waals surface area contributed by atoms with Crippen LogP contribution in [0.4, 0.5) is 18.9 Å². The molecule has 0 saturated heterocycles. The van der Waals surface area contributed by atoms with E-state index in [1.54, 1.807) is 29.6 Å². The molecule has 0 spiro atoms. The van der Waals surface area contributed by atoms with Crippen LogP contribution >= 0.6 is 11.3 Å². The number of alkyl halides is 3. The summed E-state index contributed by atoms with van der Waals surface area (Å²) in [6, 6.07) is 11.8. The molecule has 30 heavy (non-hydrogen) atoms. The lowest BCUT2D eigenvalue weighted by Gasteiger charge is -2.06. The summed E-state index contributed by atoms with van der Waals surface area (Å²) in [7, 11) is 0. The van der Waals surface area contributed by atoms with Gasteiger partial charge in [0.1, 0.15) is 11.3 Å². The molecule has 0 aliphatic heterocycles. The van der Waals surface area contributed by atoms with Crippen LogP contribution in [0.3, 0.4) is 0 Å². The summed E-state index contributed by atoms with van der Waals surface area (Å²) in [4.78, 5) is 16.6. The zero-order valence-corrected chi connectivity index (χ0v) is 16.0. The first-order valence-electron chi connectivity index (χ1n) is 8.64. The fourth-order valence-corrected chi connectivity index (χ4v) is 3.50. The van der Waals surface area contributed by atoms with E-state index < -0.39 is 11.7 Å². The number of thiazole rings is 1. The van der Waals surface area contributed by atoms with Gasteiger partial charge < -0.3 is 5.32 Å². The molecular formula is C19H13F3N6OS. The number of nitrogens with zero attached hydrogens (tertiary/aromatic N) is 5. The van der Waals surface area contributed by atoms with Crippen molar-refractivity contribution in [3.8, 4) is 16.3 Å². The molecule has 0 saturated carbocycles. The van der Waals surface area contributed by atoms with Crippen molar-refractivity contribution in [3.63, 3.8) is 0 Å². The minimum absolute atomic E-state index is 0.0475. The molecular weight excluding hydrogens is 417 g/mol. The van der Waals surface area contributed by atoms with E-state index in [1.165, 1.54) is 34.5 Å². The van der Waals surface area contributed by atoms with Crippen LogP contribution in [-0.4, -0.2) is 31.1 Å². The van der Waals surface area contributed by atoms with Crippen molar-refractivity contribution >= 4 is 22.9 Å². The van der Waals surface area contributed by atoms with Gasteiger partial charge in [-0.1, -0.05) is 12.1 Å². The Bertz CT molecular complexity index is 1140. The van der Waals surface area contributed by atoms with Crippen LogP contribution in [0, 0.1) is 0 Å². The second-order valence-electron chi connectivity index (χ2n) is 6.25. The maximum Gasteiger partial charge on any atom is 0.416 e. The van der Waals surface area contributed by atoms with Gasteiger partial charge in [0.25, 0.3) is 0 Å². The van der Waals surface area contributed by atoms with Crippen LogP contribution in [0.5, 0.6) is 0 Å². The highest BCUT2D eigenvalue weighted by molar-refractivity contribution is 7.13. The molecule has 0 radical (unpaired) electrons. The Kier molecular flexibility index (Phi) is 5.27. The Hall–Kier alpha value is -3.60. The van der Waals surface area contributed by atoms with Gasteiger partial charge >= 0.3 is 6.18 Å². The number of anilines is 1. The summed E-state index contributed by atoms with van der Waals surface area (Å²) in [6.45, 7) is 0. The monoisotopic (exact) mass is 430 g/mol. The standard InChI is InChI=1S/C19H13F3N6OS/c20-19(21,22)13-3-1-12(2-4-13)18-25-15(10-30-18)9-17(29)24-14-5-7-16(8-6-14)28-11-23-26-27-28/h1-8,10-11H,9H2,(H,24,29). The maximum absolute atomic E-state index is 12.7.